The summed E-state index contributed by atoms with van der Waals surface area (Å²) in [6, 6.07) is 1.34. The Morgan fingerprint density at radius 1 is 1.11 bits per heavy atom. The number of carboxylic acids is 1. The Bertz CT molecular complexity index is 879. The zero-order chi connectivity index (χ0) is 18.9. The Morgan fingerprint density at radius 3 is 2.37 bits per heavy atom. The van der Waals surface area contributed by atoms with Crippen molar-refractivity contribution in [2.24, 2.45) is 11.8 Å². The molecule has 6 heteroatoms. The quantitative estimate of drug-likeness (QED) is 0.865. The summed E-state index contributed by atoms with van der Waals surface area (Å²) in [6.07, 6.45) is 6.67. The summed E-state index contributed by atoms with van der Waals surface area (Å²) < 4.78 is 30.6. The molecule has 1 saturated heterocycles. The maximum Gasteiger partial charge on any atom is 0.337 e. The summed E-state index contributed by atoms with van der Waals surface area (Å²) in [5.74, 6) is -1.30. The number of hydrogen-bond donors (Lipinski definition) is 1. The summed E-state index contributed by atoms with van der Waals surface area (Å²) >= 11 is 0. The smallest absolute Gasteiger partial charge is 0.337 e. The van der Waals surface area contributed by atoms with Crippen molar-refractivity contribution < 1.29 is 18.7 Å². The van der Waals surface area contributed by atoms with Crippen LogP contribution >= 0.6 is 0 Å². The van der Waals surface area contributed by atoms with Crippen LogP contribution in [0.2, 0.25) is 0 Å². The fourth-order valence-electron chi connectivity index (χ4n) is 5.04. The number of fused-ring (bicyclic) bond motifs is 2. The van der Waals surface area contributed by atoms with Gasteiger partial charge in [-0.3, -0.25) is 0 Å². The lowest BCUT2D eigenvalue weighted by atomic mass is 9.93. The molecule has 1 N–H and O–H groups in total. The average molecular weight is 372 g/mol. The summed E-state index contributed by atoms with van der Waals surface area (Å²) in [5, 5.41) is 9.46. The van der Waals surface area contributed by atoms with E-state index < -0.39 is 17.6 Å². The minimum Gasteiger partial charge on any atom is -0.478 e. The van der Waals surface area contributed by atoms with Gasteiger partial charge in [0.25, 0.3) is 0 Å². The standard InChI is InChI=1S/C21H22F2N2O2/c1-11-15-7-17(22)20(24-8-12-3-2-4-13(12)9-24)18(23)19(15)25(14-5-6-14)10-16(11)21(26)27/h7,10,12-14H,1-6,8-9H2,(H,26,27). The normalized spacial score (nSPS) is 26.9. The predicted molar refractivity (Wildman–Crippen MR) is 99.7 cm³/mol. The molecule has 142 valence electrons. The van der Waals surface area contributed by atoms with E-state index in [1.165, 1.54) is 18.7 Å². The first-order valence-corrected chi connectivity index (χ1v) is 9.65. The fourth-order valence-corrected chi connectivity index (χ4v) is 5.04. The van der Waals surface area contributed by atoms with Crippen LogP contribution in [0, 0.1) is 23.5 Å². The SMILES string of the molecule is C=C1C(C(=O)O)=CN(C2CC2)c2c1cc(F)c(N1CC3CCCC3C1)c2F. The Morgan fingerprint density at radius 2 is 1.78 bits per heavy atom. The van der Waals surface area contributed by atoms with Crippen LogP contribution in [-0.2, 0) is 4.79 Å². The van der Waals surface area contributed by atoms with Crippen molar-refractivity contribution in [1.29, 1.82) is 0 Å². The van der Waals surface area contributed by atoms with Gasteiger partial charge < -0.3 is 14.9 Å². The highest BCUT2D eigenvalue weighted by Crippen LogP contribution is 2.48. The van der Waals surface area contributed by atoms with Gasteiger partial charge >= 0.3 is 5.97 Å². The van der Waals surface area contributed by atoms with Gasteiger partial charge in [0.15, 0.2) is 5.82 Å². The third-order valence-corrected chi connectivity index (χ3v) is 6.56. The second-order valence-corrected chi connectivity index (χ2v) is 8.24. The summed E-state index contributed by atoms with van der Waals surface area (Å²) in [6.45, 7) is 5.19. The molecule has 1 aromatic carbocycles. The molecule has 5 rings (SSSR count). The van der Waals surface area contributed by atoms with Crippen LogP contribution in [0.1, 0.15) is 37.7 Å². The topological polar surface area (TPSA) is 43.8 Å². The van der Waals surface area contributed by atoms with E-state index in [-0.39, 0.29) is 34.1 Å². The van der Waals surface area contributed by atoms with Gasteiger partial charge in [-0.05, 0) is 49.2 Å². The molecule has 2 heterocycles. The average Bonchev–Trinajstić information content (AvgIpc) is 3.24. The molecule has 4 aliphatic rings. The predicted octanol–water partition coefficient (Wildman–Crippen LogP) is 4.17. The van der Waals surface area contributed by atoms with Crippen molar-refractivity contribution in [1.82, 2.24) is 0 Å². The molecule has 27 heavy (non-hydrogen) atoms. The van der Waals surface area contributed by atoms with Crippen LogP contribution in [0.15, 0.2) is 24.4 Å². The summed E-state index contributed by atoms with van der Waals surface area (Å²) in [5.41, 5.74) is 0.725. The Labute approximate surface area is 156 Å². The van der Waals surface area contributed by atoms with Gasteiger partial charge in [-0.15, -0.1) is 0 Å². The third-order valence-electron chi connectivity index (χ3n) is 6.56. The first-order chi connectivity index (χ1) is 13.0. The van der Waals surface area contributed by atoms with Crippen molar-refractivity contribution >= 4 is 22.9 Å². The molecule has 2 saturated carbocycles. The molecule has 2 atom stereocenters. The fraction of sp³-hybridized carbons (Fsp3) is 0.476. The molecule has 3 fully saturated rings. The van der Waals surface area contributed by atoms with Crippen molar-refractivity contribution in [3.63, 3.8) is 0 Å². The minimum atomic E-state index is -1.13. The van der Waals surface area contributed by atoms with Crippen LogP contribution in [0.3, 0.4) is 0 Å². The van der Waals surface area contributed by atoms with Gasteiger partial charge in [0, 0.05) is 30.9 Å². The van der Waals surface area contributed by atoms with Crippen molar-refractivity contribution in [2.45, 2.75) is 38.1 Å². The van der Waals surface area contributed by atoms with E-state index in [9.17, 15) is 9.90 Å². The molecule has 4 nitrogen and oxygen atoms in total. The van der Waals surface area contributed by atoms with E-state index >= 15 is 8.78 Å². The van der Waals surface area contributed by atoms with Gasteiger partial charge in [0.1, 0.15) is 11.5 Å². The van der Waals surface area contributed by atoms with Crippen molar-refractivity contribution in [3.05, 3.63) is 41.6 Å². The number of benzene rings is 1. The van der Waals surface area contributed by atoms with E-state index in [0.29, 0.717) is 24.9 Å². The highest BCUT2D eigenvalue weighted by molar-refractivity contribution is 6.09. The van der Waals surface area contributed by atoms with Crippen LogP contribution in [-0.4, -0.2) is 30.2 Å². The van der Waals surface area contributed by atoms with Crippen LogP contribution in [0.5, 0.6) is 0 Å². The lowest BCUT2D eigenvalue weighted by Gasteiger charge is -2.32. The van der Waals surface area contributed by atoms with Crippen LogP contribution < -0.4 is 9.80 Å². The number of aliphatic carboxylic acids is 1. The van der Waals surface area contributed by atoms with E-state index in [1.54, 1.807) is 4.90 Å². The maximum absolute atomic E-state index is 15.6. The zero-order valence-electron chi connectivity index (χ0n) is 15.0. The van der Waals surface area contributed by atoms with E-state index in [2.05, 4.69) is 6.58 Å². The molecule has 0 bridgehead atoms. The lowest BCUT2D eigenvalue weighted by molar-refractivity contribution is -0.132. The number of anilines is 2. The molecule has 0 aromatic heterocycles. The number of carboxylic acid groups (broad SMARTS) is 1. The van der Waals surface area contributed by atoms with Gasteiger partial charge in [-0.1, -0.05) is 13.0 Å². The minimum absolute atomic E-state index is 0.00310. The number of carbonyl (C=O) groups is 1. The van der Waals surface area contributed by atoms with Gasteiger partial charge in [0.2, 0.25) is 0 Å². The molecule has 2 aliphatic carbocycles. The summed E-state index contributed by atoms with van der Waals surface area (Å²) in [7, 11) is 0. The molecule has 0 amide bonds. The van der Waals surface area contributed by atoms with Gasteiger partial charge in [0.05, 0.1) is 11.3 Å². The Balaban J connectivity index is 1.61. The van der Waals surface area contributed by atoms with Crippen molar-refractivity contribution in [2.75, 3.05) is 22.9 Å². The molecular weight excluding hydrogens is 350 g/mol. The molecule has 2 unspecified atom stereocenters. The van der Waals surface area contributed by atoms with E-state index in [1.807, 2.05) is 4.90 Å². The number of hydrogen-bond acceptors (Lipinski definition) is 3. The molecule has 0 spiro atoms. The Kier molecular flexibility index (Phi) is 3.61. The number of halogens is 2. The maximum atomic E-state index is 15.6. The third kappa shape index (κ3) is 2.49. The second-order valence-electron chi connectivity index (χ2n) is 8.24. The lowest BCUT2D eigenvalue weighted by Crippen LogP contribution is -2.30. The van der Waals surface area contributed by atoms with E-state index in [0.717, 1.165) is 25.7 Å². The molecular formula is C21H22F2N2O2. The number of rotatable bonds is 3. The highest BCUT2D eigenvalue weighted by Gasteiger charge is 2.41. The van der Waals surface area contributed by atoms with E-state index in [4.69, 9.17) is 0 Å². The largest absolute Gasteiger partial charge is 0.478 e. The second kappa shape index (κ2) is 5.81. The van der Waals surface area contributed by atoms with Gasteiger partial charge in [-0.25, -0.2) is 13.6 Å². The van der Waals surface area contributed by atoms with Crippen molar-refractivity contribution in [3.8, 4) is 0 Å². The highest BCUT2D eigenvalue weighted by atomic mass is 19.1. The zero-order valence-corrected chi connectivity index (χ0v) is 15.0. The number of nitrogens with zero attached hydrogens (tertiary/aromatic N) is 2. The van der Waals surface area contributed by atoms with Crippen LogP contribution in [0.25, 0.3) is 5.57 Å². The molecule has 1 aromatic rings. The molecule has 2 aliphatic heterocycles. The monoisotopic (exact) mass is 372 g/mol. The first-order valence-electron chi connectivity index (χ1n) is 9.65. The Hall–Kier alpha value is -2.37. The first kappa shape index (κ1) is 16.8. The summed E-state index contributed by atoms with van der Waals surface area (Å²) in [4.78, 5) is 15.1. The van der Waals surface area contributed by atoms with Gasteiger partial charge in [-0.2, -0.15) is 0 Å². The molecule has 0 radical (unpaired) electrons. The van der Waals surface area contributed by atoms with Crippen LogP contribution in [0.4, 0.5) is 20.2 Å².